The van der Waals surface area contributed by atoms with Crippen LogP contribution in [0.2, 0.25) is 0 Å². The Labute approximate surface area is 144 Å². The smallest absolute Gasteiger partial charge is 0.316 e. The number of esters is 1. The number of ether oxygens (including phenoxy) is 1. The third-order valence-electron chi connectivity index (χ3n) is 3.25. The summed E-state index contributed by atoms with van der Waals surface area (Å²) in [6, 6.07) is 15.7. The van der Waals surface area contributed by atoms with Gasteiger partial charge in [0.25, 0.3) is 5.91 Å². The van der Waals surface area contributed by atoms with Gasteiger partial charge >= 0.3 is 5.97 Å². The van der Waals surface area contributed by atoms with E-state index in [1.165, 1.54) is 22.7 Å². The highest BCUT2D eigenvalue weighted by Crippen LogP contribution is 2.16. The summed E-state index contributed by atoms with van der Waals surface area (Å²) in [6.07, 6.45) is 0. The summed E-state index contributed by atoms with van der Waals surface area (Å²) in [4.78, 5) is 25.9. The van der Waals surface area contributed by atoms with Crippen LogP contribution in [-0.2, 0) is 20.9 Å². The molecule has 0 radical (unpaired) electrons. The monoisotopic (exact) mass is 347 g/mol. The summed E-state index contributed by atoms with van der Waals surface area (Å²) in [5, 5.41) is 0. The maximum Gasteiger partial charge on any atom is 0.316 e. The minimum absolute atomic E-state index is 0.127. The number of benzene rings is 2. The Bertz CT molecular complexity index is 694. The van der Waals surface area contributed by atoms with Gasteiger partial charge in [0.05, 0.1) is 5.75 Å². The van der Waals surface area contributed by atoms with Crippen molar-refractivity contribution in [3.05, 3.63) is 66.0 Å². The van der Waals surface area contributed by atoms with Gasteiger partial charge in [0.15, 0.2) is 6.61 Å². The standard InChI is InChI=1S/C18H18FNO3S/c1-20(11-14-7-5-6-10-16(14)19)17(21)12-23-18(22)13-24-15-8-3-2-4-9-15/h2-10H,11-13H2,1H3. The highest BCUT2D eigenvalue weighted by molar-refractivity contribution is 8.00. The molecular formula is C18H18FNO3S. The Morgan fingerprint density at radius 3 is 2.46 bits per heavy atom. The lowest BCUT2D eigenvalue weighted by Gasteiger charge is -2.17. The molecule has 1 amide bonds. The zero-order valence-electron chi connectivity index (χ0n) is 13.3. The van der Waals surface area contributed by atoms with Gasteiger partial charge in [0.1, 0.15) is 5.82 Å². The first kappa shape index (κ1) is 18.0. The van der Waals surface area contributed by atoms with Crippen molar-refractivity contribution in [1.82, 2.24) is 4.90 Å². The van der Waals surface area contributed by atoms with Crippen molar-refractivity contribution < 1.29 is 18.7 Å². The number of likely N-dealkylation sites (N-methyl/N-ethyl adjacent to an activating group) is 1. The number of hydrogen-bond donors (Lipinski definition) is 0. The third-order valence-corrected chi connectivity index (χ3v) is 4.23. The van der Waals surface area contributed by atoms with E-state index >= 15 is 0 Å². The van der Waals surface area contributed by atoms with Crippen molar-refractivity contribution in [2.75, 3.05) is 19.4 Å². The Morgan fingerprint density at radius 1 is 1.08 bits per heavy atom. The number of nitrogens with zero attached hydrogens (tertiary/aromatic N) is 1. The predicted octanol–water partition coefficient (Wildman–Crippen LogP) is 3.12. The van der Waals surface area contributed by atoms with E-state index in [0.29, 0.717) is 5.56 Å². The summed E-state index contributed by atoms with van der Waals surface area (Å²) < 4.78 is 18.5. The fourth-order valence-corrected chi connectivity index (χ4v) is 2.64. The average molecular weight is 347 g/mol. The zero-order chi connectivity index (χ0) is 17.4. The SMILES string of the molecule is CN(Cc1ccccc1F)C(=O)COC(=O)CSc1ccccc1. The van der Waals surface area contributed by atoms with Crippen molar-refractivity contribution in [1.29, 1.82) is 0 Å². The first-order valence-electron chi connectivity index (χ1n) is 7.37. The second-order valence-electron chi connectivity index (χ2n) is 5.10. The molecule has 6 heteroatoms. The van der Waals surface area contributed by atoms with Crippen molar-refractivity contribution in [2.45, 2.75) is 11.4 Å². The van der Waals surface area contributed by atoms with Gasteiger partial charge < -0.3 is 9.64 Å². The number of carbonyl (C=O) groups is 2. The van der Waals surface area contributed by atoms with Gasteiger partial charge in [-0.05, 0) is 18.2 Å². The lowest BCUT2D eigenvalue weighted by molar-refractivity contribution is -0.149. The van der Waals surface area contributed by atoms with Gasteiger partial charge in [-0.2, -0.15) is 0 Å². The number of thioether (sulfide) groups is 1. The number of halogens is 1. The zero-order valence-corrected chi connectivity index (χ0v) is 14.1. The molecule has 0 aliphatic heterocycles. The topological polar surface area (TPSA) is 46.6 Å². The first-order chi connectivity index (χ1) is 11.6. The van der Waals surface area contributed by atoms with Gasteiger partial charge in [-0.3, -0.25) is 9.59 Å². The average Bonchev–Trinajstić information content (AvgIpc) is 2.60. The summed E-state index contributed by atoms with van der Waals surface area (Å²) in [6.45, 7) is -0.221. The van der Waals surface area contributed by atoms with Crippen LogP contribution in [0.5, 0.6) is 0 Å². The van der Waals surface area contributed by atoms with E-state index in [9.17, 15) is 14.0 Å². The number of hydrogen-bond acceptors (Lipinski definition) is 4. The largest absolute Gasteiger partial charge is 0.455 e. The molecule has 0 heterocycles. The van der Waals surface area contributed by atoms with E-state index in [2.05, 4.69) is 0 Å². The van der Waals surface area contributed by atoms with Gasteiger partial charge in [-0.1, -0.05) is 36.4 Å². The van der Waals surface area contributed by atoms with E-state index in [-0.39, 0.29) is 30.6 Å². The van der Waals surface area contributed by atoms with Gasteiger partial charge in [0, 0.05) is 24.1 Å². The van der Waals surface area contributed by atoms with Crippen LogP contribution in [0, 0.1) is 5.82 Å². The van der Waals surface area contributed by atoms with Crippen LogP contribution in [0.25, 0.3) is 0 Å². The van der Waals surface area contributed by atoms with E-state index in [1.807, 2.05) is 30.3 Å². The number of amides is 1. The highest BCUT2D eigenvalue weighted by atomic mass is 32.2. The van der Waals surface area contributed by atoms with Crippen LogP contribution in [-0.4, -0.2) is 36.2 Å². The van der Waals surface area contributed by atoms with Crippen molar-refractivity contribution in [3.8, 4) is 0 Å². The van der Waals surface area contributed by atoms with Gasteiger partial charge in [-0.25, -0.2) is 4.39 Å². The summed E-state index contributed by atoms with van der Waals surface area (Å²) in [5.41, 5.74) is 0.416. The van der Waals surface area contributed by atoms with Crippen LogP contribution >= 0.6 is 11.8 Å². The van der Waals surface area contributed by atoms with Crippen molar-refractivity contribution in [3.63, 3.8) is 0 Å². The molecule has 2 rings (SSSR count). The van der Waals surface area contributed by atoms with Crippen LogP contribution in [0.4, 0.5) is 4.39 Å². The molecule has 4 nitrogen and oxygen atoms in total. The molecule has 0 aliphatic carbocycles. The molecule has 0 aromatic heterocycles. The van der Waals surface area contributed by atoms with Crippen LogP contribution in [0.3, 0.4) is 0 Å². The molecule has 0 saturated heterocycles. The molecule has 0 unspecified atom stereocenters. The van der Waals surface area contributed by atoms with Gasteiger partial charge in [-0.15, -0.1) is 11.8 Å². The Balaban J connectivity index is 1.73. The number of carbonyl (C=O) groups excluding carboxylic acids is 2. The summed E-state index contributed by atoms with van der Waals surface area (Å²) in [5.74, 6) is -1.07. The first-order valence-corrected chi connectivity index (χ1v) is 8.35. The van der Waals surface area contributed by atoms with E-state index < -0.39 is 5.97 Å². The molecule has 0 fully saturated rings. The molecule has 0 saturated carbocycles. The van der Waals surface area contributed by atoms with Crippen LogP contribution in [0.15, 0.2) is 59.5 Å². The minimum Gasteiger partial charge on any atom is -0.455 e. The highest BCUT2D eigenvalue weighted by Gasteiger charge is 2.14. The second-order valence-corrected chi connectivity index (χ2v) is 6.15. The molecule has 0 bridgehead atoms. The van der Waals surface area contributed by atoms with Crippen LogP contribution in [0.1, 0.15) is 5.56 Å². The van der Waals surface area contributed by atoms with E-state index in [1.54, 1.807) is 25.2 Å². The molecule has 2 aromatic rings. The maximum atomic E-state index is 13.6. The fraction of sp³-hybridized carbons (Fsp3) is 0.222. The third kappa shape index (κ3) is 5.70. The van der Waals surface area contributed by atoms with Crippen molar-refractivity contribution in [2.24, 2.45) is 0 Å². The Kier molecular flexibility index (Phi) is 6.81. The molecule has 24 heavy (non-hydrogen) atoms. The lowest BCUT2D eigenvalue weighted by Crippen LogP contribution is -2.31. The number of rotatable bonds is 7. The molecule has 0 spiro atoms. The lowest BCUT2D eigenvalue weighted by atomic mass is 10.2. The molecule has 0 N–H and O–H groups in total. The quantitative estimate of drug-likeness (QED) is 0.570. The molecule has 0 aliphatic rings. The Hall–Kier alpha value is -2.34. The predicted molar refractivity (Wildman–Crippen MR) is 91.0 cm³/mol. The maximum absolute atomic E-state index is 13.6. The van der Waals surface area contributed by atoms with E-state index in [0.717, 1.165) is 4.90 Å². The van der Waals surface area contributed by atoms with Crippen molar-refractivity contribution >= 4 is 23.6 Å². The molecule has 2 aromatic carbocycles. The second kappa shape index (κ2) is 9.08. The summed E-state index contributed by atoms with van der Waals surface area (Å²) in [7, 11) is 1.54. The Morgan fingerprint density at radius 2 is 1.75 bits per heavy atom. The van der Waals surface area contributed by atoms with E-state index in [4.69, 9.17) is 4.74 Å². The van der Waals surface area contributed by atoms with Gasteiger partial charge in [0.2, 0.25) is 0 Å². The molecular weight excluding hydrogens is 329 g/mol. The summed E-state index contributed by atoms with van der Waals surface area (Å²) >= 11 is 1.34. The van der Waals surface area contributed by atoms with Crippen LogP contribution < -0.4 is 0 Å². The molecule has 0 atom stereocenters. The fourth-order valence-electron chi connectivity index (χ4n) is 1.92. The normalized spacial score (nSPS) is 10.2. The molecule has 126 valence electrons. The minimum atomic E-state index is -0.462.